The summed E-state index contributed by atoms with van der Waals surface area (Å²) in [7, 11) is 0. The molecule has 0 fully saturated rings. The second-order valence-electron chi connectivity index (χ2n) is 3.18. The lowest BCUT2D eigenvalue weighted by molar-refractivity contribution is 0.881. The first-order chi connectivity index (χ1) is 6.88. The lowest BCUT2D eigenvalue weighted by Crippen LogP contribution is -1.92. The molecule has 0 spiro atoms. The third-order valence-electron chi connectivity index (χ3n) is 2.15. The van der Waals surface area contributed by atoms with Gasteiger partial charge in [0.15, 0.2) is 5.82 Å². The molecule has 72 valence electrons. The van der Waals surface area contributed by atoms with Crippen molar-refractivity contribution < 1.29 is 0 Å². The highest BCUT2D eigenvalue weighted by Crippen LogP contribution is 2.08. The summed E-state index contributed by atoms with van der Waals surface area (Å²) in [4.78, 5) is 0. The molecule has 0 amide bonds. The first kappa shape index (κ1) is 8.87. The summed E-state index contributed by atoms with van der Waals surface area (Å²) in [6, 6.07) is 8.44. The van der Waals surface area contributed by atoms with Crippen LogP contribution in [0.4, 0.5) is 0 Å². The molecule has 14 heavy (non-hydrogen) atoms. The average molecular weight is 188 g/mol. The van der Waals surface area contributed by atoms with E-state index in [0.717, 1.165) is 18.7 Å². The molecule has 1 heterocycles. The van der Waals surface area contributed by atoms with Crippen molar-refractivity contribution in [3.63, 3.8) is 0 Å². The molecule has 0 radical (unpaired) electrons. The van der Waals surface area contributed by atoms with Crippen LogP contribution in [-0.2, 0) is 12.8 Å². The highest BCUT2D eigenvalue weighted by atomic mass is 15.5. The van der Waals surface area contributed by atoms with Gasteiger partial charge < -0.3 is 0 Å². The van der Waals surface area contributed by atoms with Gasteiger partial charge in [-0.3, -0.25) is 0 Å². The van der Waals surface area contributed by atoms with Gasteiger partial charge in [0.25, 0.3) is 0 Å². The first-order valence-corrected chi connectivity index (χ1v) is 4.68. The zero-order valence-electron chi connectivity index (χ0n) is 8.07. The van der Waals surface area contributed by atoms with Crippen LogP contribution in [0, 0.1) is 0 Å². The molecule has 0 saturated carbocycles. The quantitative estimate of drug-likeness (QED) is 0.791. The van der Waals surface area contributed by atoms with E-state index >= 15 is 0 Å². The van der Waals surface area contributed by atoms with Crippen molar-refractivity contribution in [3.05, 3.63) is 41.2 Å². The predicted molar refractivity (Wildman–Crippen MR) is 52.8 cm³/mol. The maximum absolute atomic E-state index is 3.92. The summed E-state index contributed by atoms with van der Waals surface area (Å²) in [6.45, 7) is 2.15. The molecule has 0 saturated heterocycles. The number of aromatic amines is 1. The Balaban J connectivity index is 2.17. The van der Waals surface area contributed by atoms with E-state index in [9.17, 15) is 0 Å². The highest BCUT2D eigenvalue weighted by Gasteiger charge is 2.00. The number of tetrazole rings is 1. The van der Waals surface area contributed by atoms with Crippen molar-refractivity contribution in [2.45, 2.75) is 19.8 Å². The molecule has 0 atom stereocenters. The third kappa shape index (κ3) is 1.96. The number of benzene rings is 1. The highest BCUT2D eigenvalue weighted by molar-refractivity contribution is 5.25. The van der Waals surface area contributed by atoms with Gasteiger partial charge in [0, 0.05) is 6.42 Å². The fourth-order valence-corrected chi connectivity index (χ4v) is 1.40. The summed E-state index contributed by atoms with van der Waals surface area (Å²) in [5, 5.41) is 13.8. The first-order valence-electron chi connectivity index (χ1n) is 4.68. The Kier molecular flexibility index (Phi) is 2.53. The Morgan fingerprint density at radius 1 is 1.29 bits per heavy atom. The van der Waals surface area contributed by atoms with Gasteiger partial charge in [-0.25, -0.2) is 0 Å². The van der Waals surface area contributed by atoms with Crippen molar-refractivity contribution in [1.29, 1.82) is 0 Å². The van der Waals surface area contributed by atoms with Gasteiger partial charge in [-0.05, 0) is 17.5 Å². The van der Waals surface area contributed by atoms with Gasteiger partial charge in [-0.15, -0.1) is 10.2 Å². The molecule has 2 rings (SSSR count). The van der Waals surface area contributed by atoms with Gasteiger partial charge in [0.2, 0.25) is 0 Å². The SMILES string of the molecule is CCc1cccc(Cc2nn[nH]n2)c1. The largest absolute Gasteiger partial charge is 0.178 e. The number of rotatable bonds is 3. The zero-order valence-corrected chi connectivity index (χ0v) is 8.07. The Bertz CT molecular complexity index is 394. The molecular formula is C10H12N4. The van der Waals surface area contributed by atoms with Gasteiger partial charge in [0.1, 0.15) is 0 Å². The minimum absolute atomic E-state index is 0.734. The van der Waals surface area contributed by atoms with E-state index in [-0.39, 0.29) is 0 Å². The summed E-state index contributed by atoms with van der Waals surface area (Å²) in [5.41, 5.74) is 2.57. The maximum atomic E-state index is 3.92. The second-order valence-corrected chi connectivity index (χ2v) is 3.18. The summed E-state index contributed by atoms with van der Waals surface area (Å²) in [6.07, 6.45) is 1.80. The van der Waals surface area contributed by atoms with Crippen molar-refractivity contribution >= 4 is 0 Å². The van der Waals surface area contributed by atoms with Crippen LogP contribution in [-0.4, -0.2) is 20.6 Å². The van der Waals surface area contributed by atoms with Crippen LogP contribution in [0.5, 0.6) is 0 Å². The van der Waals surface area contributed by atoms with Crippen LogP contribution in [0.2, 0.25) is 0 Å². The van der Waals surface area contributed by atoms with Crippen LogP contribution < -0.4 is 0 Å². The van der Waals surface area contributed by atoms with E-state index in [1.54, 1.807) is 0 Å². The molecular weight excluding hydrogens is 176 g/mol. The molecule has 0 aliphatic rings. The number of hydrogen-bond donors (Lipinski definition) is 1. The van der Waals surface area contributed by atoms with E-state index in [2.05, 4.69) is 51.8 Å². The molecule has 2 aromatic rings. The van der Waals surface area contributed by atoms with Crippen LogP contribution in [0.1, 0.15) is 23.9 Å². The number of aryl methyl sites for hydroxylation is 1. The van der Waals surface area contributed by atoms with Crippen molar-refractivity contribution in [2.75, 3.05) is 0 Å². The van der Waals surface area contributed by atoms with E-state index in [1.165, 1.54) is 11.1 Å². The standard InChI is InChI=1S/C10H12N4/c1-2-8-4-3-5-9(6-8)7-10-11-13-14-12-10/h3-6H,2,7H2,1H3,(H,11,12,13,14). The Morgan fingerprint density at radius 2 is 2.14 bits per heavy atom. The normalized spacial score (nSPS) is 10.4. The van der Waals surface area contributed by atoms with E-state index in [1.807, 2.05) is 0 Å². The van der Waals surface area contributed by atoms with Crippen LogP contribution in [0.15, 0.2) is 24.3 Å². The fraction of sp³-hybridized carbons (Fsp3) is 0.300. The summed E-state index contributed by atoms with van der Waals surface area (Å²) >= 11 is 0. The van der Waals surface area contributed by atoms with E-state index in [0.29, 0.717) is 0 Å². The summed E-state index contributed by atoms with van der Waals surface area (Å²) < 4.78 is 0. The Morgan fingerprint density at radius 3 is 2.86 bits per heavy atom. The van der Waals surface area contributed by atoms with Gasteiger partial charge in [-0.2, -0.15) is 5.21 Å². The minimum Gasteiger partial charge on any atom is -0.177 e. The molecule has 0 bridgehead atoms. The van der Waals surface area contributed by atoms with E-state index in [4.69, 9.17) is 0 Å². The molecule has 1 aromatic heterocycles. The Hall–Kier alpha value is -1.71. The molecule has 1 aromatic carbocycles. The van der Waals surface area contributed by atoms with Gasteiger partial charge in [-0.1, -0.05) is 36.4 Å². The maximum Gasteiger partial charge on any atom is 0.178 e. The van der Waals surface area contributed by atoms with Crippen molar-refractivity contribution in [1.82, 2.24) is 20.6 Å². The third-order valence-corrected chi connectivity index (χ3v) is 2.15. The van der Waals surface area contributed by atoms with E-state index < -0.39 is 0 Å². The monoisotopic (exact) mass is 188 g/mol. The lowest BCUT2D eigenvalue weighted by Gasteiger charge is -2.00. The molecule has 0 unspecified atom stereocenters. The number of hydrogen-bond acceptors (Lipinski definition) is 3. The van der Waals surface area contributed by atoms with Crippen molar-refractivity contribution in [2.24, 2.45) is 0 Å². The molecule has 4 heteroatoms. The van der Waals surface area contributed by atoms with Gasteiger partial charge >= 0.3 is 0 Å². The molecule has 0 aliphatic carbocycles. The average Bonchev–Trinajstić information content (AvgIpc) is 2.71. The zero-order chi connectivity index (χ0) is 9.80. The number of aromatic nitrogens is 4. The fourth-order valence-electron chi connectivity index (χ4n) is 1.40. The smallest absolute Gasteiger partial charge is 0.177 e. The predicted octanol–water partition coefficient (Wildman–Crippen LogP) is 1.35. The minimum atomic E-state index is 0.734. The summed E-state index contributed by atoms with van der Waals surface area (Å²) in [5.74, 6) is 0.734. The lowest BCUT2D eigenvalue weighted by atomic mass is 10.1. The van der Waals surface area contributed by atoms with Crippen molar-refractivity contribution in [3.8, 4) is 0 Å². The topological polar surface area (TPSA) is 54.5 Å². The van der Waals surface area contributed by atoms with Gasteiger partial charge in [0.05, 0.1) is 0 Å². The second kappa shape index (κ2) is 4.00. The van der Waals surface area contributed by atoms with Crippen LogP contribution in [0.25, 0.3) is 0 Å². The Labute approximate surface area is 82.4 Å². The number of nitrogens with zero attached hydrogens (tertiary/aromatic N) is 3. The molecule has 0 aliphatic heterocycles. The number of H-pyrrole nitrogens is 1. The van der Waals surface area contributed by atoms with Crippen LogP contribution in [0.3, 0.4) is 0 Å². The number of nitrogens with one attached hydrogen (secondary N) is 1. The van der Waals surface area contributed by atoms with Crippen LogP contribution >= 0.6 is 0 Å². The molecule has 4 nitrogen and oxygen atoms in total. The molecule has 1 N–H and O–H groups in total.